The van der Waals surface area contributed by atoms with Crippen LogP contribution in [0, 0.1) is 11.6 Å². The SMILES string of the molecule is CCc1cc(=O)[nH]c(-c2ccc(NCC(c3c(F)cccc3F)N(C)C)nc2)n1. The van der Waals surface area contributed by atoms with Crippen LogP contribution in [-0.2, 0) is 6.42 Å². The zero-order valence-corrected chi connectivity index (χ0v) is 16.5. The van der Waals surface area contributed by atoms with E-state index in [4.69, 9.17) is 0 Å². The van der Waals surface area contributed by atoms with Gasteiger partial charge in [-0.3, -0.25) is 4.79 Å². The Morgan fingerprint density at radius 2 is 1.90 bits per heavy atom. The zero-order chi connectivity index (χ0) is 21.0. The maximum atomic E-state index is 14.2. The summed E-state index contributed by atoms with van der Waals surface area (Å²) < 4.78 is 28.4. The number of aryl methyl sites for hydroxylation is 1. The number of anilines is 1. The Kier molecular flexibility index (Phi) is 6.33. The predicted molar refractivity (Wildman–Crippen MR) is 109 cm³/mol. The number of benzene rings is 1. The third-order valence-corrected chi connectivity index (χ3v) is 4.63. The molecule has 0 aliphatic rings. The number of pyridine rings is 1. The van der Waals surface area contributed by atoms with Gasteiger partial charge in [-0.2, -0.15) is 0 Å². The van der Waals surface area contributed by atoms with Crippen molar-refractivity contribution < 1.29 is 8.78 Å². The molecule has 29 heavy (non-hydrogen) atoms. The lowest BCUT2D eigenvalue weighted by molar-refractivity contribution is 0.295. The molecule has 6 nitrogen and oxygen atoms in total. The molecule has 0 bridgehead atoms. The fourth-order valence-electron chi connectivity index (χ4n) is 3.04. The normalized spacial score (nSPS) is 12.2. The Bertz CT molecular complexity index is 1010. The molecule has 0 fully saturated rings. The van der Waals surface area contributed by atoms with Crippen molar-refractivity contribution in [1.29, 1.82) is 0 Å². The quantitative estimate of drug-likeness (QED) is 0.637. The lowest BCUT2D eigenvalue weighted by Crippen LogP contribution is -2.28. The molecule has 0 saturated heterocycles. The highest BCUT2D eigenvalue weighted by Gasteiger charge is 2.22. The standard InChI is InChI=1S/C21H23F2N5O/c1-4-14-10-19(29)27-21(26-14)13-8-9-18(24-11-13)25-12-17(28(2)3)20-15(22)6-5-7-16(20)23/h5-11,17H,4,12H2,1-3H3,(H,24,25)(H,26,27,29). The molecular weight excluding hydrogens is 376 g/mol. The summed E-state index contributed by atoms with van der Waals surface area (Å²) in [7, 11) is 3.52. The van der Waals surface area contributed by atoms with E-state index in [-0.39, 0.29) is 17.7 Å². The molecule has 2 heterocycles. The Morgan fingerprint density at radius 3 is 2.48 bits per heavy atom. The van der Waals surface area contributed by atoms with Crippen LogP contribution < -0.4 is 10.9 Å². The highest BCUT2D eigenvalue weighted by Crippen LogP contribution is 2.25. The van der Waals surface area contributed by atoms with Gasteiger partial charge in [0, 0.05) is 35.6 Å². The average Bonchev–Trinajstić information content (AvgIpc) is 2.69. The van der Waals surface area contributed by atoms with Crippen LogP contribution in [0.2, 0.25) is 0 Å². The van der Waals surface area contributed by atoms with Gasteiger partial charge in [-0.1, -0.05) is 13.0 Å². The fraction of sp³-hybridized carbons (Fsp3) is 0.286. The summed E-state index contributed by atoms with van der Waals surface area (Å²) in [5.74, 6) is -0.168. The van der Waals surface area contributed by atoms with E-state index in [1.807, 2.05) is 6.92 Å². The number of halogens is 2. The van der Waals surface area contributed by atoms with E-state index in [1.54, 1.807) is 37.3 Å². The first-order valence-corrected chi connectivity index (χ1v) is 9.30. The summed E-state index contributed by atoms with van der Waals surface area (Å²) in [6.07, 6.45) is 2.25. The first kappa shape index (κ1) is 20.6. The van der Waals surface area contributed by atoms with Crippen molar-refractivity contribution in [3.63, 3.8) is 0 Å². The molecule has 0 aliphatic heterocycles. The van der Waals surface area contributed by atoms with Crippen LogP contribution in [0.15, 0.2) is 47.4 Å². The van der Waals surface area contributed by atoms with Crippen molar-refractivity contribution in [1.82, 2.24) is 19.9 Å². The lowest BCUT2D eigenvalue weighted by atomic mass is 10.0. The number of hydrogen-bond donors (Lipinski definition) is 2. The van der Waals surface area contributed by atoms with Crippen LogP contribution in [0.5, 0.6) is 0 Å². The molecule has 0 spiro atoms. The minimum Gasteiger partial charge on any atom is -0.368 e. The number of rotatable bonds is 7. The van der Waals surface area contributed by atoms with Crippen LogP contribution in [0.1, 0.15) is 24.2 Å². The second-order valence-corrected chi connectivity index (χ2v) is 6.87. The summed E-state index contributed by atoms with van der Waals surface area (Å²) in [5, 5.41) is 3.11. The van der Waals surface area contributed by atoms with Gasteiger partial charge in [0.15, 0.2) is 0 Å². The number of nitrogens with zero attached hydrogens (tertiary/aromatic N) is 3. The van der Waals surface area contributed by atoms with Crippen LogP contribution in [0.3, 0.4) is 0 Å². The molecular formula is C21H23F2N5O. The first-order chi connectivity index (χ1) is 13.9. The summed E-state index contributed by atoms with van der Waals surface area (Å²) >= 11 is 0. The molecule has 3 aromatic rings. The third kappa shape index (κ3) is 4.83. The molecule has 2 N–H and O–H groups in total. The Labute approximate surface area is 167 Å². The van der Waals surface area contributed by atoms with Gasteiger partial charge in [0.25, 0.3) is 5.56 Å². The largest absolute Gasteiger partial charge is 0.368 e. The van der Waals surface area contributed by atoms with E-state index in [9.17, 15) is 13.6 Å². The van der Waals surface area contributed by atoms with Crippen LogP contribution in [0.4, 0.5) is 14.6 Å². The van der Waals surface area contributed by atoms with Gasteiger partial charge in [-0.05, 0) is 44.8 Å². The second kappa shape index (κ2) is 8.91. The van der Waals surface area contributed by atoms with Crippen LogP contribution in [-0.4, -0.2) is 40.5 Å². The number of likely N-dealkylation sites (N-methyl/N-ethyl adjacent to an activating group) is 1. The maximum Gasteiger partial charge on any atom is 0.251 e. The third-order valence-electron chi connectivity index (χ3n) is 4.63. The summed E-state index contributed by atoms with van der Waals surface area (Å²) in [6, 6.07) is 8.31. The van der Waals surface area contributed by atoms with Gasteiger partial charge in [0.1, 0.15) is 23.3 Å². The lowest BCUT2D eigenvalue weighted by Gasteiger charge is -2.26. The second-order valence-electron chi connectivity index (χ2n) is 6.87. The highest BCUT2D eigenvalue weighted by atomic mass is 19.1. The van der Waals surface area contributed by atoms with Gasteiger partial charge in [-0.15, -0.1) is 0 Å². The molecule has 3 rings (SSSR count). The first-order valence-electron chi connectivity index (χ1n) is 9.30. The maximum absolute atomic E-state index is 14.2. The summed E-state index contributed by atoms with van der Waals surface area (Å²) in [5.41, 5.74) is 1.17. The molecule has 0 amide bonds. The average molecular weight is 399 g/mol. The Morgan fingerprint density at radius 1 is 1.17 bits per heavy atom. The minimum absolute atomic E-state index is 0.0137. The number of hydrogen-bond acceptors (Lipinski definition) is 5. The Hall–Kier alpha value is -3.13. The van der Waals surface area contributed by atoms with Gasteiger partial charge in [0.05, 0.1) is 6.04 Å². The van der Waals surface area contributed by atoms with Gasteiger partial charge < -0.3 is 15.2 Å². The van der Waals surface area contributed by atoms with E-state index < -0.39 is 17.7 Å². The monoisotopic (exact) mass is 399 g/mol. The van der Waals surface area contributed by atoms with E-state index in [2.05, 4.69) is 20.3 Å². The van der Waals surface area contributed by atoms with Gasteiger partial charge in [0.2, 0.25) is 0 Å². The summed E-state index contributed by atoms with van der Waals surface area (Å²) in [4.78, 5) is 24.9. The topological polar surface area (TPSA) is 73.9 Å². The van der Waals surface area contributed by atoms with Crippen molar-refractivity contribution >= 4 is 5.82 Å². The molecule has 1 unspecified atom stereocenters. The van der Waals surface area contributed by atoms with Crippen LogP contribution >= 0.6 is 0 Å². The molecule has 0 saturated carbocycles. The molecule has 0 radical (unpaired) electrons. The van der Waals surface area contributed by atoms with Crippen molar-refractivity contribution in [2.75, 3.05) is 26.0 Å². The molecule has 1 aromatic carbocycles. The number of H-pyrrole nitrogens is 1. The molecule has 1 atom stereocenters. The van der Waals surface area contributed by atoms with Crippen LogP contribution in [0.25, 0.3) is 11.4 Å². The summed E-state index contributed by atoms with van der Waals surface area (Å²) in [6.45, 7) is 2.19. The van der Waals surface area contributed by atoms with Gasteiger partial charge in [-0.25, -0.2) is 18.7 Å². The smallest absolute Gasteiger partial charge is 0.251 e. The predicted octanol–water partition coefficient (Wildman–Crippen LogP) is 3.39. The van der Waals surface area contributed by atoms with E-state index >= 15 is 0 Å². The number of aromatic nitrogens is 3. The molecule has 152 valence electrons. The van der Waals surface area contributed by atoms with Crippen molar-refractivity contribution in [3.05, 3.63) is 75.8 Å². The highest BCUT2D eigenvalue weighted by molar-refractivity contribution is 5.55. The van der Waals surface area contributed by atoms with E-state index in [0.717, 1.165) is 0 Å². The molecule has 2 aromatic heterocycles. The minimum atomic E-state index is -0.584. The molecule has 8 heteroatoms. The van der Waals surface area contributed by atoms with Crippen molar-refractivity contribution in [3.8, 4) is 11.4 Å². The van der Waals surface area contributed by atoms with E-state index in [0.29, 0.717) is 29.3 Å². The molecule has 0 aliphatic carbocycles. The number of nitrogens with one attached hydrogen (secondary N) is 2. The van der Waals surface area contributed by atoms with E-state index in [1.165, 1.54) is 24.3 Å². The Balaban J connectivity index is 1.77. The zero-order valence-electron chi connectivity index (χ0n) is 16.5. The van der Waals surface area contributed by atoms with Crippen molar-refractivity contribution in [2.24, 2.45) is 0 Å². The fourth-order valence-corrected chi connectivity index (χ4v) is 3.04. The van der Waals surface area contributed by atoms with Crippen molar-refractivity contribution in [2.45, 2.75) is 19.4 Å². The van der Waals surface area contributed by atoms with Gasteiger partial charge >= 0.3 is 0 Å². The number of aromatic amines is 1.